The van der Waals surface area contributed by atoms with E-state index in [1.54, 1.807) is 17.2 Å². The lowest BCUT2D eigenvalue weighted by Crippen LogP contribution is -2.40. The van der Waals surface area contributed by atoms with Gasteiger partial charge in [0.25, 0.3) is 5.91 Å². The summed E-state index contributed by atoms with van der Waals surface area (Å²) in [6, 6.07) is 1.77. The Bertz CT molecular complexity index is 921. The number of rotatable bonds is 3. The number of aryl methyl sites for hydroxylation is 2. The highest BCUT2D eigenvalue weighted by Gasteiger charge is 2.29. The van der Waals surface area contributed by atoms with Crippen molar-refractivity contribution >= 4 is 23.3 Å². The molecule has 2 amide bonds. The number of anilines is 2. The van der Waals surface area contributed by atoms with Gasteiger partial charge in [0.05, 0.1) is 30.0 Å². The van der Waals surface area contributed by atoms with E-state index in [1.165, 1.54) is 0 Å². The van der Waals surface area contributed by atoms with Gasteiger partial charge >= 0.3 is 0 Å². The highest BCUT2D eigenvalue weighted by atomic mass is 16.5. The minimum absolute atomic E-state index is 0.0501. The minimum Gasteiger partial charge on any atom is -0.361 e. The first-order valence-corrected chi connectivity index (χ1v) is 9.88. The number of carbonyl (C=O) groups excluding carboxylic acids is 2. The number of likely N-dealkylation sites (N-methyl/N-ethyl adjacent to an activating group) is 1. The third-order valence-corrected chi connectivity index (χ3v) is 5.62. The lowest BCUT2D eigenvalue weighted by Gasteiger charge is -2.30. The zero-order chi connectivity index (χ0) is 20.5. The summed E-state index contributed by atoms with van der Waals surface area (Å²) in [5, 5.41) is 7.02. The molecule has 0 saturated carbocycles. The van der Waals surface area contributed by atoms with Gasteiger partial charge in [0, 0.05) is 31.4 Å². The molecule has 4 rings (SSSR count). The molecule has 2 aromatic rings. The van der Waals surface area contributed by atoms with Crippen LogP contribution < -0.4 is 10.2 Å². The average Bonchev–Trinajstić information content (AvgIpc) is 2.90. The molecule has 0 spiro atoms. The molecule has 2 aliphatic heterocycles. The quantitative estimate of drug-likeness (QED) is 0.836. The molecule has 0 unspecified atom stereocenters. The molecule has 0 aromatic carbocycles. The maximum Gasteiger partial charge on any atom is 0.255 e. The van der Waals surface area contributed by atoms with Crippen LogP contribution in [0.5, 0.6) is 0 Å². The smallest absolute Gasteiger partial charge is 0.255 e. The zero-order valence-electron chi connectivity index (χ0n) is 17.1. The Hall–Kier alpha value is -2.94. The SMILES string of the molecule is Cc1noc(C)c1CN1C(=O)CNc2ncc(C(=O)N3CCCN(C)CC3)cc21. The number of amides is 2. The zero-order valence-corrected chi connectivity index (χ0v) is 17.1. The maximum absolute atomic E-state index is 13.1. The molecule has 0 radical (unpaired) electrons. The van der Waals surface area contributed by atoms with E-state index in [0.29, 0.717) is 35.9 Å². The van der Waals surface area contributed by atoms with Gasteiger partial charge in [0.15, 0.2) is 5.82 Å². The summed E-state index contributed by atoms with van der Waals surface area (Å²) in [7, 11) is 2.07. The first-order valence-electron chi connectivity index (χ1n) is 9.88. The molecule has 4 heterocycles. The van der Waals surface area contributed by atoms with E-state index in [4.69, 9.17) is 4.52 Å². The van der Waals surface area contributed by atoms with Crippen molar-refractivity contribution in [3.63, 3.8) is 0 Å². The molecule has 2 aliphatic rings. The predicted octanol–water partition coefficient (Wildman–Crippen LogP) is 1.42. The van der Waals surface area contributed by atoms with E-state index in [0.717, 1.165) is 37.3 Å². The molecule has 1 saturated heterocycles. The average molecular weight is 398 g/mol. The van der Waals surface area contributed by atoms with Gasteiger partial charge in [-0.2, -0.15) is 0 Å². The number of fused-ring (bicyclic) bond motifs is 1. The van der Waals surface area contributed by atoms with Gasteiger partial charge < -0.3 is 24.5 Å². The molecule has 2 aromatic heterocycles. The Labute approximate surface area is 169 Å². The monoisotopic (exact) mass is 398 g/mol. The molecule has 0 aliphatic carbocycles. The van der Waals surface area contributed by atoms with E-state index >= 15 is 0 Å². The number of hydrogen-bond donors (Lipinski definition) is 1. The molecule has 154 valence electrons. The van der Waals surface area contributed by atoms with Crippen LogP contribution in [0, 0.1) is 13.8 Å². The van der Waals surface area contributed by atoms with Crippen LogP contribution >= 0.6 is 0 Å². The standard InChI is InChI=1S/C20H26N6O3/c1-13-16(14(2)29-23-13)12-26-17-9-15(10-21-19(17)22-11-18(26)27)20(28)25-6-4-5-24(3)7-8-25/h9-10H,4-8,11-12H2,1-3H3,(H,21,22). The van der Waals surface area contributed by atoms with Crippen molar-refractivity contribution in [1.29, 1.82) is 0 Å². The minimum atomic E-state index is -0.0831. The highest BCUT2D eigenvalue weighted by Crippen LogP contribution is 2.31. The van der Waals surface area contributed by atoms with E-state index in [1.807, 2.05) is 18.7 Å². The summed E-state index contributed by atoms with van der Waals surface area (Å²) in [6.07, 6.45) is 2.53. The summed E-state index contributed by atoms with van der Waals surface area (Å²) < 4.78 is 5.24. The second kappa shape index (κ2) is 7.82. The van der Waals surface area contributed by atoms with Crippen LogP contribution in [-0.2, 0) is 11.3 Å². The van der Waals surface area contributed by atoms with Crippen LogP contribution in [0.25, 0.3) is 0 Å². The van der Waals surface area contributed by atoms with Crippen LogP contribution in [0.4, 0.5) is 11.5 Å². The number of nitrogens with zero attached hydrogens (tertiary/aromatic N) is 5. The Morgan fingerprint density at radius 3 is 2.83 bits per heavy atom. The molecule has 0 bridgehead atoms. The van der Waals surface area contributed by atoms with Crippen molar-refractivity contribution < 1.29 is 14.1 Å². The molecule has 9 nitrogen and oxygen atoms in total. The first-order chi connectivity index (χ1) is 13.9. The molecule has 1 N–H and O–H groups in total. The van der Waals surface area contributed by atoms with E-state index < -0.39 is 0 Å². The second-order valence-electron chi connectivity index (χ2n) is 7.68. The van der Waals surface area contributed by atoms with Crippen LogP contribution in [0.3, 0.4) is 0 Å². The molecule has 0 atom stereocenters. The fourth-order valence-corrected chi connectivity index (χ4v) is 3.79. The number of pyridine rings is 1. The maximum atomic E-state index is 13.1. The van der Waals surface area contributed by atoms with Gasteiger partial charge in [-0.1, -0.05) is 5.16 Å². The van der Waals surface area contributed by atoms with Gasteiger partial charge in [-0.05, 0) is 39.9 Å². The summed E-state index contributed by atoms with van der Waals surface area (Å²) in [4.78, 5) is 35.9. The van der Waals surface area contributed by atoms with Gasteiger partial charge in [-0.15, -0.1) is 0 Å². The van der Waals surface area contributed by atoms with Crippen LogP contribution in [0.15, 0.2) is 16.8 Å². The van der Waals surface area contributed by atoms with Crippen molar-refractivity contribution in [3.05, 3.63) is 34.8 Å². The summed E-state index contributed by atoms with van der Waals surface area (Å²) >= 11 is 0. The van der Waals surface area contributed by atoms with Crippen molar-refractivity contribution in [2.24, 2.45) is 0 Å². The highest BCUT2D eigenvalue weighted by molar-refractivity contribution is 6.04. The van der Waals surface area contributed by atoms with E-state index in [9.17, 15) is 9.59 Å². The Balaban J connectivity index is 1.63. The summed E-state index contributed by atoms with van der Waals surface area (Å²) in [6.45, 7) is 7.42. The van der Waals surface area contributed by atoms with Gasteiger partial charge in [-0.3, -0.25) is 9.59 Å². The van der Waals surface area contributed by atoms with Gasteiger partial charge in [0.1, 0.15) is 5.76 Å². The van der Waals surface area contributed by atoms with Crippen molar-refractivity contribution in [3.8, 4) is 0 Å². The number of aromatic nitrogens is 2. The molecular weight excluding hydrogens is 372 g/mol. The lowest BCUT2D eigenvalue weighted by atomic mass is 10.1. The second-order valence-corrected chi connectivity index (χ2v) is 7.68. The predicted molar refractivity (Wildman–Crippen MR) is 108 cm³/mol. The van der Waals surface area contributed by atoms with Crippen LogP contribution in [0.1, 0.15) is 33.8 Å². The molecular formula is C20H26N6O3. The van der Waals surface area contributed by atoms with Crippen LogP contribution in [0.2, 0.25) is 0 Å². The van der Waals surface area contributed by atoms with Crippen LogP contribution in [-0.4, -0.2) is 71.5 Å². The molecule has 9 heteroatoms. The fourth-order valence-electron chi connectivity index (χ4n) is 3.79. The summed E-state index contributed by atoms with van der Waals surface area (Å²) in [5.41, 5.74) is 2.73. The largest absolute Gasteiger partial charge is 0.361 e. The number of nitrogens with one attached hydrogen (secondary N) is 1. The third-order valence-electron chi connectivity index (χ3n) is 5.62. The van der Waals surface area contributed by atoms with E-state index in [2.05, 4.69) is 27.4 Å². The number of carbonyl (C=O) groups is 2. The van der Waals surface area contributed by atoms with Crippen molar-refractivity contribution in [1.82, 2.24) is 19.9 Å². The Morgan fingerprint density at radius 2 is 2.07 bits per heavy atom. The lowest BCUT2D eigenvalue weighted by molar-refractivity contribution is -0.117. The topological polar surface area (TPSA) is 94.8 Å². The molecule has 29 heavy (non-hydrogen) atoms. The normalized spacial score (nSPS) is 17.7. The van der Waals surface area contributed by atoms with E-state index in [-0.39, 0.29) is 18.4 Å². The van der Waals surface area contributed by atoms with Gasteiger partial charge in [-0.25, -0.2) is 4.98 Å². The number of hydrogen-bond acceptors (Lipinski definition) is 7. The summed E-state index contributed by atoms with van der Waals surface area (Å²) in [5.74, 6) is 1.15. The first kappa shape index (κ1) is 19.4. The van der Waals surface area contributed by atoms with Gasteiger partial charge in [0.2, 0.25) is 5.91 Å². The van der Waals surface area contributed by atoms with Crippen molar-refractivity contribution in [2.45, 2.75) is 26.8 Å². The Morgan fingerprint density at radius 1 is 1.24 bits per heavy atom. The molecule has 1 fully saturated rings. The van der Waals surface area contributed by atoms with Crippen molar-refractivity contribution in [2.75, 3.05) is 50.0 Å². The third kappa shape index (κ3) is 3.82. The Kier molecular flexibility index (Phi) is 5.23. The fraction of sp³-hybridized carbons (Fsp3) is 0.500.